The molecule has 1 saturated carbocycles. The van der Waals surface area contributed by atoms with Gasteiger partial charge in [-0.25, -0.2) is 0 Å². The number of ether oxygens (including phenoxy) is 1. The van der Waals surface area contributed by atoms with E-state index in [0.29, 0.717) is 17.2 Å². The van der Waals surface area contributed by atoms with E-state index in [9.17, 15) is 20.0 Å². The molecular formula is C25H28N2O5. The van der Waals surface area contributed by atoms with Gasteiger partial charge in [0, 0.05) is 23.1 Å². The van der Waals surface area contributed by atoms with Crippen molar-refractivity contribution in [1.82, 2.24) is 4.90 Å². The number of likely N-dealkylation sites (tertiary alicyclic amines) is 1. The number of fused-ring (bicyclic) bond motifs is 1. The predicted molar refractivity (Wildman–Crippen MR) is 119 cm³/mol. The van der Waals surface area contributed by atoms with Crippen LogP contribution < -0.4 is 4.74 Å². The molecule has 1 N–H and O–H groups in total. The van der Waals surface area contributed by atoms with Crippen LogP contribution in [0.5, 0.6) is 11.5 Å². The van der Waals surface area contributed by atoms with Gasteiger partial charge in [-0.05, 0) is 73.5 Å². The second-order valence-electron chi connectivity index (χ2n) is 9.41. The van der Waals surface area contributed by atoms with Crippen molar-refractivity contribution in [3.05, 3.63) is 63.2 Å². The van der Waals surface area contributed by atoms with E-state index in [1.807, 2.05) is 12.1 Å². The normalized spacial score (nSPS) is 26.7. The first-order valence-electron chi connectivity index (χ1n) is 11.3. The Labute approximate surface area is 187 Å². The Balaban J connectivity index is 1.43. The number of carbonyl (C=O) groups excluding carboxylic acids is 1. The molecule has 2 aromatic carbocycles. The number of nitro benzene ring substituents is 1. The van der Waals surface area contributed by atoms with Crippen LogP contribution in [0.3, 0.4) is 0 Å². The Morgan fingerprint density at radius 2 is 2.09 bits per heavy atom. The van der Waals surface area contributed by atoms with Gasteiger partial charge in [0.15, 0.2) is 11.5 Å². The highest BCUT2D eigenvalue weighted by atomic mass is 16.6. The van der Waals surface area contributed by atoms with Crippen LogP contribution in [0.1, 0.15) is 53.6 Å². The number of aromatic hydroxyl groups is 1. The van der Waals surface area contributed by atoms with Crippen LogP contribution in [-0.2, 0) is 11.8 Å². The number of ketones is 1. The average molecular weight is 437 g/mol. The Morgan fingerprint density at radius 3 is 2.88 bits per heavy atom. The highest BCUT2D eigenvalue weighted by Gasteiger charge is 2.53. The van der Waals surface area contributed by atoms with Gasteiger partial charge in [-0.15, -0.1) is 0 Å². The van der Waals surface area contributed by atoms with Crippen molar-refractivity contribution in [3.63, 3.8) is 0 Å². The standard InChI is InChI=1S/C25H28N2O5/c1-32-24-8-6-17(13-22(24)27(30)31)23(29)15-26-11-10-25-9-3-2-4-19(25)21(26)12-16-5-7-18(28)14-20(16)25/h5-8,13-14,19,21,28H,2-4,9-12,15H2,1H3/t19-,21+,25+/m0/s1. The van der Waals surface area contributed by atoms with E-state index in [1.54, 1.807) is 12.1 Å². The maximum atomic E-state index is 13.2. The zero-order valence-corrected chi connectivity index (χ0v) is 18.3. The van der Waals surface area contributed by atoms with Gasteiger partial charge in [-0.3, -0.25) is 19.8 Å². The first-order valence-corrected chi connectivity index (χ1v) is 11.3. The molecule has 2 aliphatic carbocycles. The van der Waals surface area contributed by atoms with Gasteiger partial charge in [0.05, 0.1) is 18.6 Å². The first kappa shape index (κ1) is 20.9. The minimum Gasteiger partial charge on any atom is -0.508 e. The van der Waals surface area contributed by atoms with Gasteiger partial charge in [-0.1, -0.05) is 18.9 Å². The van der Waals surface area contributed by atoms with E-state index in [0.717, 1.165) is 32.2 Å². The third kappa shape index (κ3) is 3.26. The molecule has 5 rings (SSSR count). The molecule has 7 nitrogen and oxygen atoms in total. The second kappa shape index (κ2) is 7.89. The molecule has 3 aliphatic rings. The lowest BCUT2D eigenvalue weighted by Gasteiger charge is -2.59. The van der Waals surface area contributed by atoms with Crippen molar-refractivity contribution in [3.8, 4) is 11.5 Å². The van der Waals surface area contributed by atoms with E-state index in [2.05, 4.69) is 4.90 Å². The average Bonchev–Trinajstić information content (AvgIpc) is 2.80. The summed E-state index contributed by atoms with van der Waals surface area (Å²) in [6.45, 7) is 1.08. The van der Waals surface area contributed by atoms with Crippen LogP contribution in [0.2, 0.25) is 0 Å². The second-order valence-corrected chi connectivity index (χ2v) is 9.41. The smallest absolute Gasteiger partial charge is 0.311 e. The fraction of sp³-hybridized carbons (Fsp3) is 0.480. The number of phenolic OH excluding ortho intramolecular Hbond substituents is 1. The van der Waals surface area contributed by atoms with Crippen LogP contribution in [0, 0.1) is 16.0 Å². The van der Waals surface area contributed by atoms with Gasteiger partial charge >= 0.3 is 5.69 Å². The topological polar surface area (TPSA) is 92.9 Å². The molecule has 1 aliphatic heterocycles. The molecule has 3 atom stereocenters. The summed E-state index contributed by atoms with van der Waals surface area (Å²) in [6, 6.07) is 10.5. The largest absolute Gasteiger partial charge is 0.508 e. The summed E-state index contributed by atoms with van der Waals surface area (Å²) in [4.78, 5) is 26.3. The molecule has 1 saturated heterocycles. The van der Waals surface area contributed by atoms with E-state index in [-0.39, 0.29) is 35.2 Å². The zero-order chi connectivity index (χ0) is 22.5. The molecule has 32 heavy (non-hydrogen) atoms. The highest BCUT2D eigenvalue weighted by Crippen LogP contribution is 2.56. The Bertz CT molecular complexity index is 1080. The van der Waals surface area contributed by atoms with Crippen molar-refractivity contribution >= 4 is 11.5 Å². The Kier molecular flexibility index (Phi) is 5.16. The van der Waals surface area contributed by atoms with Crippen molar-refractivity contribution in [2.75, 3.05) is 20.2 Å². The number of benzene rings is 2. The summed E-state index contributed by atoms with van der Waals surface area (Å²) in [5.41, 5.74) is 2.85. The quantitative estimate of drug-likeness (QED) is 0.428. The van der Waals surface area contributed by atoms with Crippen molar-refractivity contribution in [2.24, 2.45) is 5.92 Å². The van der Waals surface area contributed by atoms with Crippen molar-refractivity contribution < 1.29 is 19.6 Å². The van der Waals surface area contributed by atoms with Gasteiger partial charge in [0.1, 0.15) is 5.75 Å². The molecule has 0 unspecified atom stereocenters. The maximum absolute atomic E-state index is 13.2. The molecule has 2 bridgehead atoms. The number of methoxy groups -OCH3 is 1. The van der Waals surface area contributed by atoms with E-state index < -0.39 is 4.92 Å². The summed E-state index contributed by atoms with van der Waals surface area (Å²) in [7, 11) is 1.38. The van der Waals surface area contributed by atoms with Crippen LogP contribution in [0.25, 0.3) is 0 Å². The number of Topliss-reactive ketones (excluding diaryl/α,β-unsaturated/α-hetero) is 1. The van der Waals surface area contributed by atoms with Gasteiger partial charge in [-0.2, -0.15) is 0 Å². The Morgan fingerprint density at radius 1 is 1.25 bits per heavy atom. The van der Waals surface area contributed by atoms with Crippen LogP contribution in [0.4, 0.5) is 5.69 Å². The molecule has 2 aromatic rings. The maximum Gasteiger partial charge on any atom is 0.311 e. The lowest BCUT2D eigenvalue weighted by atomic mass is 9.52. The van der Waals surface area contributed by atoms with Gasteiger partial charge in [0.25, 0.3) is 0 Å². The third-order valence-electron chi connectivity index (χ3n) is 7.98. The van der Waals surface area contributed by atoms with Crippen LogP contribution >= 0.6 is 0 Å². The van der Waals surface area contributed by atoms with Crippen molar-refractivity contribution in [1.29, 1.82) is 0 Å². The monoisotopic (exact) mass is 436 g/mol. The fourth-order valence-corrected chi connectivity index (χ4v) is 6.55. The van der Waals surface area contributed by atoms with Gasteiger partial charge in [0.2, 0.25) is 0 Å². The Hall–Kier alpha value is -2.93. The summed E-state index contributed by atoms with van der Waals surface area (Å²) in [5.74, 6) is 0.858. The minimum atomic E-state index is -0.514. The fourth-order valence-electron chi connectivity index (χ4n) is 6.55. The number of piperidine rings is 1. The van der Waals surface area contributed by atoms with E-state index in [4.69, 9.17) is 4.74 Å². The molecule has 0 aromatic heterocycles. The van der Waals surface area contributed by atoms with Gasteiger partial charge < -0.3 is 9.84 Å². The summed E-state index contributed by atoms with van der Waals surface area (Å²) < 4.78 is 5.06. The molecular weight excluding hydrogens is 408 g/mol. The number of nitrogens with zero attached hydrogens (tertiary/aromatic N) is 2. The molecule has 0 radical (unpaired) electrons. The summed E-state index contributed by atoms with van der Waals surface area (Å²) >= 11 is 0. The molecule has 0 spiro atoms. The SMILES string of the molecule is COc1ccc(C(=O)CN2CC[C@]34CCCC[C@H]3[C@H]2Cc2ccc(O)cc24)cc1[N+](=O)[O-]. The summed E-state index contributed by atoms with van der Waals surface area (Å²) in [6.07, 6.45) is 6.52. The molecule has 0 amide bonds. The predicted octanol–water partition coefficient (Wildman–Crippen LogP) is 4.25. The van der Waals surface area contributed by atoms with E-state index >= 15 is 0 Å². The highest BCUT2D eigenvalue weighted by molar-refractivity contribution is 5.98. The van der Waals surface area contributed by atoms with Crippen LogP contribution in [-0.4, -0.2) is 47.0 Å². The molecule has 7 heteroatoms. The lowest BCUT2D eigenvalue weighted by molar-refractivity contribution is -0.385. The number of phenols is 1. The molecule has 168 valence electrons. The molecule has 2 fully saturated rings. The van der Waals surface area contributed by atoms with Crippen LogP contribution in [0.15, 0.2) is 36.4 Å². The third-order valence-corrected chi connectivity index (χ3v) is 7.98. The zero-order valence-electron chi connectivity index (χ0n) is 18.3. The first-order chi connectivity index (χ1) is 15.4. The number of nitro groups is 1. The van der Waals surface area contributed by atoms with E-state index in [1.165, 1.54) is 43.2 Å². The number of carbonyl (C=O) groups is 1. The van der Waals surface area contributed by atoms with Crippen molar-refractivity contribution in [2.45, 2.75) is 50.0 Å². The minimum absolute atomic E-state index is 0.0910. The number of rotatable bonds is 5. The number of hydrogen-bond acceptors (Lipinski definition) is 6. The number of hydrogen-bond donors (Lipinski definition) is 1. The lowest BCUT2D eigenvalue weighted by Crippen LogP contribution is -2.61. The summed E-state index contributed by atoms with van der Waals surface area (Å²) in [5, 5.41) is 21.5. The molecule has 1 heterocycles.